The van der Waals surface area contributed by atoms with Crippen LogP contribution in [0, 0.1) is 5.82 Å². The number of ether oxygens (including phenoxy) is 1. The molecule has 2 heterocycles. The van der Waals surface area contributed by atoms with Crippen molar-refractivity contribution in [2.24, 2.45) is 0 Å². The number of aromatic nitrogens is 1. The highest BCUT2D eigenvalue weighted by atomic mass is 19.1. The van der Waals surface area contributed by atoms with Crippen LogP contribution < -0.4 is 15.4 Å². The normalized spacial score (nSPS) is 14.6. The molecule has 0 bridgehead atoms. The van der Waals surface area contributed by atoms with Crippen molar-refractivity contribution in [3.8, 4) is 5.75 Å². The molecular weight excluding hydrogens is 353 g/mol. The van der Waals surface area contributed by atoms with Crippen LogP contribution in [0.15, 0.2) is 51.7 Å². The average molecular weight is 371 g/mol. The van der Waals surface area contributed by atoms with Crippen LogP contribution in [0.1, 0.15) is 0 Å². The minimum absolute atomic E-state index is 0.119. The molecule has 0 aliphatic carbocycles. The Morgan fingerprint density at radius 2 is 1.96 bits per heavy atom. The summed E-state index contributed by atoms with van der Waals surface area (Å²) in [4.78, 5) is 30.1. The molecule has 1 amide bonds. The van der Waals surface area contributed by atoms with Gasteiger partial charge in [0.1, 0.15) is 11.6 Å². The first kappa shape index (κ1) is 17.1. The number of hydrogen-bond donors (Lipinski definition) is 1. The maximum Gasteiger partial charge on any atom is 0.417 e. The standard InChI is InChI=1S/C19H18FN3O4/c20-13-2-1-3-15(10-13)26-12-18(24)23-8-6-22(7-9-23)14-4-5-17-16(11-14)21-19(25)27-17/h1-5,10-11H,6-9,12H2,(H,21,25). The zero-order valence-electron chi connectivity index (χ0n) is 14.5. The Balaban J connectivity index is 1.33. The molecule has 0 saturated carbocycles. The van der Waals surface area contributed by atoms with Gasteiger partial charge in [-0.25, -0.2) is 9.18 Å². The number of oxazole rings is 1. The van der Waals surface area contributed by atoms with Crippen LogP contribution in [0.4, 0.5) is 10.1 Å². The summed E-state index contributed by atoms with van der Waals surface area (Å²) in [6, 6.07) is 11.2. The van der Waals surface area contributed by atoms with E-state index in [-0.39, 0.29) is 12.5 Å². The Hall–Kier alpha value is -3.29. The van der Waals surface area contributed by atoms with Gasteiger partial charge in [0.15, 0.2) is 12.2 Å². The van der Waals surface area contributed by atoms with Gasteiger partial charge in [-0.3, -0.25) is 9.78 Å². The van der Waals surface area contributed by atoms with E-state index in [4.69, 9.17) is 9.15 Å². The SMILES string of the molecule is O=C(COc1cccc(F)c1)N1CCN(c2ccc3oc(=O)[nH]c3c2)CC1. The first-order valence-electron chi connectivity index (χ1n) is 8.62. The number of halogens is 1. The van der Waals surface area contributed by atoms with Crippen LogP contribution in [-0.2, 0) is 4.79 Å². The molecule has 2 aromatic carbocycles. The Bertz CT molecular complexity index is 1020. The zero-order chi connectivity index (χ0) is 18.8. The summed E-state index contributed by atoms with van der Waals surface area (Å²) in [5.41, 5.74) is 2.13. The summed E-state index contributed by atoms with van der Waals surface area (Å²) in [5, 5.41) is 0. The predicted molar refractivity (Wildman–Crippen MR) is 97.5 cm³/mol. The van der Waals surface area contributed by atoms with E-state index in [1.54, 1.807) is 17.0 Å². The molecule has 3 aromatic rings. The van der Waals surface area contributed by atoms with Gasteiger partial charge in [0, 0.05) is 37.9 Å². The summed E-state index contributed by atoms with van der Waals surface area (Å²) < 4.78 is 23.5. The highest BCUT2D eigenvalue weighted by Gasteiger charge is 2.22. The van der Waals surface area contributed by atoms with E-state index < -0.39 is 11.6 Å². The summed E-state index contributed by atoms with van der Waals surface area (Å²) >= 11 is 0. The lowest BCUT2D eigenvalue weighted by atomic mass is 10.2. The molecule has 1 aliphatic heterocycles. The summed E-state index contributed by atoms with van der Waals surface area (Å²) in [6.45, 7) is 2.33. The van der Waals surface area contributed by atoms with E-state index in [2.05, 4.69) is 9.88 Å². The highest BCUT2D eigenvalue weighted by Crippen LogP contribution is 2.21. The number of amides is 1. The molecule has 0 unspecified atom stereocenters. The Morgan fingerprint density at radius 3 is 2.74 bits per heavy atom. The number of H-pyrrole nitrogens is 1. The topological polar surface area (TPSA) is 78.8 Å². The first-order valence-corrected chi connectivity index (χ1v) is 8.62. The number of hydrogen-bond acceptors (Lipinski definition) is 5. The van der Waals surface area contributed by atoms with Crippen molar-refractivity contribution in [3.05, 3.63) is 58.8 Å². The number of piperazine rings is 1. The molecule has 140 valence electrons. The van der Waals surface area contributed by atoms with Gasteiger partial charge in [-0.15, -0.1) is 0 Å². The van der Waals surface area contributed by atoms with Gasteiger partial charge in [0.05, 0.1) is 5.52 Å². The van der Waals surface area contributed by atoms with E-state index in [1.807, 2.05) is 12.1 Å². The third-order valence-electron chi connectivity index (χ3n) is 4.56. The van der Waals surface area contributed by atoms with E-state index in [1.165, 1.54) is 18.2 Å². The number of nitrogens with zero attached hydrogens (tertiary/aromatic N) is 2. The second-order valence-electron chi connectivity index (χ2n) is 6.31. The summed E-state index contributed by atoms with van der Waals surface area (Å²) in [5.74, 6) is -0.668. The van der Waals surface area contributed by atoms with E-state index >= 15 is 0 Å². The number of carbonyl (C=O) groups is 1. The lowest BCUT2D eigenvalue weighted by Gasteiger charge is -2.36. The highest BCUT2D eigenvalue weighted by molar-refractivity contribution is 5.79. The average Bonchev–Trinajstić information content (AvgIpc) is 3.05. The Kier molecular flexibility index (Phi) is 4.53. The number of benzene rings is 2. The van der Waals surface area contributed by atoms with Crippen molar-refractivity contribution >= 4 is 22.7 Å². The van der Waals surface area contributed by atoms with Crippen molar-refractivity contribution in [3.63, 3.8) is 0 Å². The maximum absolute atomic E-state index is 13.1. The molecule has 4 rings (SSSR count). The second kappa shape index (κ2) is 7.14. The molecule has 27 heavy (non-hydrogen) atoms. The number of nitrogens with one attached hydrogen (secondary N) is 1. The number of anilines is 1. The second-order valence-corrected chi connectivity index (χ2v) is 6.31. The van der Waals surface area contributed by atoms with Gasteiger partial charge in [-0.05, 0) is 30.3 Å². The van der Waals surface area contributed by atoms with Crippen molar-refractivity contribution in [2.45, 2.75) is 0 Å². The molecule has 7 nitrogen and oxygen atoms in total. The molecule has 1 fully saturated rings. The number of rotatable bonds is 4. The van der Waals surface area contributed by atoms with Crippen molar-refractivity contribution in [1.29, 1.82) is 0 Å². The quantitative estimate of drug-likeness (QED) is 0.759. The molecular formula is C19H18FN3O4. The fourth-order valence-electron chi connectivity index (χ4n) is 3.14. The molecule has 1 aliphatic rings. The first-order chi connectivity index (χ1) is 13.1. The Morgan fingerprint density at radius 1 is 1.15 bits per heavy atom. The number of aromatic amines is 1. The third-order valence-corrected chi connectivity index (χ3v) is 4.56. The van der Waals surface area contributed by atoms with Crippen LogP contribution in [0.25, 0.3) is 11.1 Å². The van der Waals surface area contributed by atoms with Gasteiger partial charge >= 0.3 is 5.76 Å². The lowest BCUT2D eigenvalue weighted by molar-refractivity contribution is -0.133. The van der Waals surface area contributed by atoms with Crippen LogP contribution in [-0.4, -0.2) is 48.6 Å². The van der Waals surface area contributed by atoms with Gasteiger partial charge < -0.3 is 19.0 Å². The molecule has 0 spiro atoms. The summed E-state index contributed by atoms with van der Waals surface area (Å²) in [6.07, 6.45) is 0. The zero-order valence-corrected chi connectivity index (χ0v) is 14.5. The molecule has 1 N–H and O–H groups in total. The van der Waals surface area contributed by atoms with E-state index in [0.717, 1.165) is 5.69 Å². The fraction of sp³-hybridized carbons (Fsp3) is 0.263. The Labute approximate surface area is 153 Å². The summed E-state index contributed by atoms with van der Waals surface area (Å²) in [7, 11) is 0. The fourth-order valence-corrected chi connectivity index (χ4v) is 3.14. The van der Waals surface area contributed by atoms with Crippen LogP contribution in [0.2, 0.25) is 0 Å². The lowest BCUT2D eigenvalue weighted by Crippen LogP contribution is -2.50. The monoisotopic (exact) mass is 371 g/mol. The van der Waals surface area contributed by atoms with Gasteiger partial charge in [0.2, 0.25) is 0 Å². The van der Waals surface area contributed by atoms with Crippen LogP contribution in [0.3, 0.4) is 0 Å². The predicted octanol–water partition coefficient (Wildman–Crippen LogP) is 1.99. The number of fused-ring (bicyclic) bond motifs is 1. The van der Waals surface area contributed by atoms with Gasteiger partial charge in [-0.2, -0.15) is 0 Å². The molecule has 1 aromatic heterocycles. The van der Waals surface area contributed by atoms with Crippen molar-refractivity contribution in [2.75, 3.05) is 37.7 Å². The van der Waals surface area contributed by atoms with Crippen molar-refractivity contribution in [1.82, 2.24) is 9.88 Å². The minimum atomic E-state index is -0.476. The van der Waals surface area contributed by atoms with Crippen LogP contribution >= 0.6 is 0 Å². The molecule has 8 heteroatoms. The van der Waals surface area contributed by atoms with Gasteiger partial charge in [-0.1, -0.05) is 6.07 Å². The third kappa shape index (κ3) is 3.79. The largest absolute Gasteiger partial charge is 0.484 e. The smallest absolute Gasteiger partial charge is 0.417 e. The van der Waals surface area contributed by atoms with Gasteiger partial charge in [0.25, 0.3) is 5.91 Å². The molecule has 1 saturated heterocycles. The maximum atomic E-state index is 13.1. The van der Waals surface area contributed by atoms with Crippen LogP contribution in [0.5, 0.6) is 5.75 Å². The minimum Gasteiger partial charge on any atom is -0.484 e. The molecule has 0 radical (unpaired) electrons. The van der Waals surface area contributed by atoms with E-state index in [0.29, 0.717) is 43.0 Å². The van der Waals surface area contributed by atoms with Crippen molar-refractivity contribution < 1.29 is 18.3 Å². The number of carbonyl (C=O) groups excluding carboxylic acids is 1. The molecule has 0 atom stereocenters. The van der Waals surface area contributed by atoms with E-state index in [9.17, 15) is 14.0 Å².